The average Bonchev–Trinajstić information content (AvgIpc) is 2.39. The van der Waals surface area contributed by atoms with Gasteiger partial charge < -0.3 is 10.2 Å². The molecule has 0 radical (unpaired) electrons. The third kappa shape index (κ3) is 5.42. The van der Waals surface area contributed by atoms with Crippen molar-refractivity contribution in [3.05, 3.63) is 28.8 Å². The van der Waals surface area contributed by atoms with E-state index in [4.69, 9.17) is 0 Å². The van der Waals surface area contributed by atoms with Crippen LogP contribution in [0.25, 0.3) is 0 Å². The highest BCUT2D eigenvalue weighted by molar-refractivity contribution is 7.98. The van der Waals surface area contributed by atoms with E-state index in [1.807, 2.05) is 39.2 Å². The number of thioether (sulfide) groups is 1. The van der Waals surface area contributed by atoms with Crippen LogP contribution < -0.4 is 5.32 Å². The molecule has 0 saturated heterocycles. The molecule has 1 N–H and O–H groups in total. The highest BCUT2D eigenvalue weighted by atomic mass is 32.2. The van der Waals surface area contributed by atoms with E-state index >= 15 is 0 Å². The summed E-state index contributed by atoms with van der Waals surface area (Å²) < 4.78 is 0. The van der Waals surface area contributed by atoms with Crippen LogP contribution in [0.2, 0.25) is 0 Å². The van der Waals surface area contributed by atoms with Crippen molar-refractivity contribution in [1.82, 2.24) is 4.90 Å². The smallest absolute Gasteiger partial charge is 0.243 e. The lowest BCUT2D eigenvalue weighted by molar-refractivity contribution is -0.132. The molecule has 0 saturated carbocycles. The molecule has 0 aliphatic heterocycles. The number of amides is 2. The number of carbonyl (C=O) groups excluding carboxylic acids is 2. The minimum atomic E-state index is -0.162. The summed E-state index contributed by atoms with van der Waals surface area (Å²) in [5.74, 6) is 0.614. The SMILES string of the molecule is CSCCC(=O)N(C)CC(=O)Nc1c(C)cc(C)cc1C. The van der Waals surface area contributed by atoms with Crippen molar-refractivity contribution in [2.45, 2.75) is 27.2 Å². The number of rotatable bonds is 6. The zero-order valence-corrected chi connectivity index (χ0v) is 14.3. The molecule has 5 heteroatoms. The maximum Gasteiger partial charge on any atom is 0.243 e. The van der Waals surface area contributed by atoms with Gasteiger partial charge in [-0.05, 0) is 38.2 Å². The first-order valence-corrected chi connectivity index (χ1v) is 8.35. The summed E-state index contributed by atoms with van der Waals surface area (Å²) >= 11 is 1.63. The van der Waals surface area contributed by atoms with E-state index < -0.39 is 0 Å². The summed E-state index contributed by atoms with van der Waals surface area (Å²) in [4.78, 5) is 25.4. The summed E-state index contributed by atoms with van der Waals surface area (Å²) in [6.07, 6.45) is 2.43. The van der Waals surface area contributed by atoms with E-state index in [0.717, 1.165) is 22.6 Å². The Morgan fingerprint density at radius 1 is 1.19 bits per heavy atom. The van der Waals surface area contributed by atoms with Crippen molar-refractivity contribution in [3.8, 4) is 0 Å². The number of carbonyl (C=O) groups is 2. The van der Waals surface area contributed by atoms with E-state index in [-0.39, 0.29) is 18.4 Å². The summed E-state index contributed by atoms with van der Waals surface area (Å²) in [6, 6.07) is 4.08. The number of aryl methyl sites for hydroxylation is 3. The van der Waals surface area contributed by atoms with Gasteiger partial charge in [0.15, 0.2) is 0 Å². The van der Waals surface area contributed by atoms with Gasteiger partial charge in [0, 0.05) is 24.9 Å². The summed E-state index contributed by atoms with van der Waals surface area (Å²) in [5.41, 5.74) is 4.09. The first-order chi connectivity index (χ1) is 9.85. The number of nitrogens with zero attached hydrogens (tertiary/aromatic N) is 1. The first kappa shape index (κ1) is 17.6. The number of likely N-dealkylation sites (N-methyl/N-ethyl adjacent to an activating group) is 1. The quantitative estimate of drug-likeness (QED) is 0.879. The van der Waals surface area contributed by atoms with Crippen LogP contribution in [0.4, 0.5) is 5.69 Å². The molecule has 0 spiro atoms. The van der Waals surface area contributed by atoms with Crippen LogP contribution >= 0.6 is 11.8 Å². The highest BCUT2D eigenvalue weighted by Crippen LogP contribution is 2.21. The zero-order valence-electron chi connectivity index (χ0n) is 13.4. The van der Waals surface area contributed by atoms with E-state index in [1.165, 1.54) is 10.5 Å². The molecular weight excluding hydrogens is 284 g/mol. The Kier molecular flexibility index (Phi) is 6.75. The molecule has 1 aromatic rings. The van der Waals surface area contributed by atoms with Crippen molar-refractivity contribution in [2.24, 2.45) is 0 Å². The maximum absolute atomic E-state index is 12.1. The van der Waals surface area contributed by atoms with E-state index in [9.17, 15) is 9.59 Å². The topological polar surface area (TPSA) is 49.4 Å². The Morgan fingerprint density at radius 3 is 2.29 bits per heavy atom. The molecule has 0 aliphatic carbocycles. The second-order valence-electron chi connectivity index (χ2n) is 5.31. The summed E-state index contributed by atoms with van der Waals surface area (Å²) in [5, 5.41) is 2.91. The minimum absolute atomic E-state index is 0.00292. The van der Waals surface area contributed by atoms with Crippen LogP contribution in [0.15, 0.2) is 12.1 Å². The van der Waals surface area contributed by atoms with Gasteiger partial charge >= 0.3 is 0 Å². The minimum Gasteiger partial charge on any atom is -0.336 e. The molecule has 1 aromatic carbocycles. The van der Waals surface area contributed by atoms with Gasteiger partial charge in [-0.3, -0.25) is 9.59 Å². The summed E-state index contributed by atoms with van der Waals surface area (Å²) in [6.45, 7) is 6.07. The van der Waals surface area contributed by atoms with Crippen LogP contribution in [0.5, 0.6) is 0 Å². The fourth-order valence-electron chi connectivity index (χ4n) is 2.24. The molecular formula is C16H24N2O2S. The fourth-order valence-corrected chi connectivity index (χ4v) is 2.62. The predicted molar refractivity (Wildman–Crippen MR) is 89.9 cm³/mol. The van der Waals surface area contributed by atoms with Crippen LogP contribution in [0.3, 0.4) is 0 Å². The van der Waals surface area contributed by atoms with Gasteiger partial charge in [0.1, 0.15) is 0 Å². The number of nitrogens with one attached hydrogen (secondary N) is 1. The van der Waals surface area contributed by atoms with Gasteiger partial charge in [0.2, 0.25) is 11.8 Å². The van der Waals surface area contributed by atoms with Crippen molar-refractivity contribution in [3.63, 3.8) is 0 Å². The standard InChI is InChI=1S/C16H24N2O2S/c1-11-8-12(2)16(13(3)9-11)17-14(19)10-18(4)15(20)6-7-21-5/h8-9H,6-7,10H2,1-5H3,(H,17,19). The lowest BCUT2D eigenvalue weighted by Crippen LogP contribution is -2.35. The van der Waals surface area contributed by atoms with E-state index in [0.29, 0.717) is 6.42 Å². The molecule has 21 heavy (non-hydrogen) atoms. The Balaban J connectivity index is 2.64. The molecule has 0 bridgehead atoms. The predicted octanol–water partition coefficient (Wildman–Crippen LogP) is 2.76. The third-order valence-corrected chi connectivity index (χ3v) is 3.88. The van der Waals surface area contributed by atoms with Gasteiger partial charge in [-0.2, -0.15) is 11.8 Å². The van der Waals surface area contributed by atoms with Crippen molar-refractivity contribution in [2.75, 3.05) is 30.9 Å². The van der Waals surface area contributed by atoms with Crippen molar-refractivity contribution < 1.29 is 9.59 Å². The van der Waals surface area contributed by atoms with Crippen LogP contribution in [0.1, 0.15) is 23.1 Å². The van der Waals surface area contributed by atoms with Crippen LogP contribution in [0, 0.1) is 20.8 Å². The lowest BCUT2D eigenvalue weighted by atomic mass is 10.1. The third-order valence-electron chi connectivity index (χ3n) is 3.27. The molecule has 4 nitrogen and oxygen atoms in total. The number of benzene rings is 1. The molecule has 116 valence electrons. The van der Waals surface area contributed by atoms with Crippen LogP contribution in [-0.2, 0) is 9.59 Å². The maximum atomic E-state index is 12.1. The summed E-state index contributed by atoms with van der Waals surface area (Å²) in [7, 11) is 1.66. The molecule has 1 rings (SSSR count). The molecule has 0 fully saturated rings. The van der Waals surface area contributed by atoms with Crippen LogP contribution in [-0.4, -0.2) is 42.3 Å². The Bertz CT molecular complexity index is 506. The fraction of sp³-hybridized carbons (Fsp3) is 0.500. The molecule has 0 atom stereocenters. The van der Waals surface area contributed by atoms with Gasteiger partial charge in [-0.1, -0.05) is 17.7 Å². The molecule has 2 amide bonds. The molecule has 0 aliphatic rings. The van der Waals surface area contributed by atoms with E-state index in [2.05, 4.69) is 5.32 Å². The first-order valence-electron chi connectivity index (χ1n) is 6.95. The van der Waals surface area contributed by atoms with Gasteiger partial charge in [0.25, 0.3) is 0 Å². The average molecular weight is 308 g/mol. The van der Waals surface area contributed by atoms with Gasteiger partial charge in [-0.15, -0.1) is 0 Å². The molecule has 0 heterocycles. The van der Waals surface area contributed by atoms with Crippen molar-refractivity contribution in [1.29, 1.82) is 0 Å². The monoisotopic (exact) mass is 308 g/mol. The molecule has 0 aromatic heterocycles. The highest BCUT2D eigenvalue weighted by Gasteiger charge is 2.14. The number of hydrogen-bond donors (Lipinski definition) is 1. The Morgan fingerprint density at radius 2 is 1.76 bits per heavy atom. The van der Waals surface area contributed by atoms with Crippen molar-refractivity contribution >= 4 is 29.3 Å². The Labute approximate surface area is 131 Å². The second-order valence-corrected chi connectivity index (χ2v) is 6.30. The number of anilines is 1. The lowest BCUT2D eigenvalue weighted by Gasteiger charge is -2.18. The largest absolute Gasteiger partial charge is 0.336 e. The van der Waals surface area contributed by atoms with Gasteiger partial charge in [-0.25, -0.2) is 0 Å². The Hall–Kier alpha value is -1.49. The second kappa shape index (κ2) is 8.08. The van der Waals surface area contributed by atoms with E-state index in [1.54, 1.807) is 18.8 Å². The molecule has 0 unspecified atom stereocenters. The van der Waals surface area contributed by atoms with Gasteiger partial charge in [0.05, 0.1) is 6.54 Å². The zero-order chi connectivity index (χ0) is 16.0. The number of hydrogen-bond acceptors (Lipinski definition) is 3. The normalized spacial score (nSPS) is 10.3.